The van der Waals surface area contributed by atoms with Crippen molar-refractivity contribution in [1.29, 1.82) is 0 Å². The van der Waals surface area contributed by atoms with Crippen molar-refractivity contribution >= 4 is 23.7 Å². The average molecular weight is 453 g/mol. The SMILES string of the molecule is O=C(O)C(F)(F)F.O=C(O)CC1CCCN(C(=O)Nc2ccnc(-c3ccccc3)c2)C1. The fourth-order valence-electron chi connectivity index (χ4n) is 3.14. The van der Waals surface area contributed by atoms with Crippen molar-refractivity contribution in [3.05, 3.63) is 48.7 Å². The highest BCUT2D eigenvalue weighted by Crippen LogP contribution is 2.22. The summed E-state index contributed by atoms with van der Waals surface area (Å²) in [5.74, 6) is -3.55. The lowest BCUT2D eigenvalue weighted by Crippen LogP contribution is -2.42. The van der Waals surface area contributed by atoms with E-state index in [0.29, 0.717) is 18.8 Å². The van der Waals surface area contributed by atoms with Crippen LogP contribution in [0.4, 0.5) is 23.7 Å². The number of anilines is 1. The first-order chi connectivity index (χ1) is 15.1. The molecule has 8 nitrogen and oxygen atoms in total. The molecule has 11 heteroatoms. The lowest BCUT2D eigenvalue weighted by molar-refractivity contribution is -0.192. The van der Waals surface area contributed by atoms with E-state index >= 15 is 0 Å². The summed E-state index contributed by atoms with van der Waals surface area (Å²) >= 11 is 0. The zero-order valence-electron chi connectivity index (χ0n) is 16.9. The number of rotatable bonds is 4. The minimum Gasteiger partial charge on any atom is -0.481 e. The molecule has 0 bridgehead atoms. The van der Waals surface area contributed by atoms with Crippen LogP contribution in [0.5, 0.6) is 0 Å². The Morgan fingerprint density at radius 2 is 1.78 bits per heavy atom. The van der Waals surface area contributed by atoms with Gasteiger partial charge in [-0.1, -0.05) is 30.3 Å². The van der Waals surface area contributed by atoms with Gasteiger partial charge in [-0.25, -0.2) is 9.59 Å². The van der Waals surface area contributed by atoms with Crippen molar-refractivity contribution in [3.63, 3.8) is 0 Å². The summed E-state index contributed by atoms with van der Waals surface area (Å²) in [6, 6.07) is 13.2. The third kappa shape index (κ3) is 7.89. The third-order valence-corrected chi connectivity index (χ3v) is 4.59. The van der Waals surface area contributed by atoms with Gasteiger partial charge in [-0.05, 0) is 30.9 Å². The van der Waals surface area contributed by atoms with Gasteiger partial charge in [-0.3, -0.25) is 9.78 Å². The van der Waals surface area contributed by atoms with Crippen LogP contribution in [0.2, 0.25) is 0 Å². The van der Waals surface area contributed by atoms with E-state index in [1.807, 2.05) is 36.4 Å². The number of urea groups is 1. The lowest BCUT2D eigenvalue weighted by atomic mass is 9.95. The zero-order valence-corrected chi connectivity index (χ0v) is 16.9. The number of amides is 2. The number of alkyl halides is 3. The van der Waals surface area contributed by atoms with E-state index in [1.54, 1.807) is 17.2 Å². The molecule has 2 aromatic rings. The molecule has 1 aliphatic heterocycles. The molecule has 3 N–H and O–H groups in total. The second-order valence-corrected chi connectivity index (χ2v) is 7.08. The molecule has 172 valence electrons. The number of carboxylic acid groups (broad SMARTS) is 2. The van der Waals surface area contributed by atoms with Crippen LogP contribution in [-0.2, 0) is 9.59 Å². The first kappa shape index (κ1) is 24.6. The summed E-state index contributed by atoms with van der Waals surface area (Å²) in [5, 5.41) is 19.0. The Morgan fingerprint density at radius 3 is 2.38 bits per heavy atom. The maximum absolute atomic E-state index is 12.5. The van der Waals surface area contributed by atoms with Crippen LogP contribution < -0.4 is 5.32 Å². The van der Waals surface area contributed by atoms with Crippen molar-refractivity contribution in [3.8, 4) is 11.3 Å². The number of carboxylic acids is 2. The van der Waals surface area contributed by atoms with Gasteiger partial charge in [0.25, 0.3) is 0 Å². The number of hydrogen-bond donors (Lipinski definition) is 3. The van der Waals surface area contributed by atoms with Crippen LogP contribution >= 0.6 is 0 Å². The first-order valence-corrected chi connectivity index (χ1v) is 9.65. The number of benzene rings is 1. The molecule has 1 aliphatic rings. The van der Waals surface area contributed by atoms with Crippen LogP contribution in [0, 0.1) is 5.92 Å². The normalized spacial score (nSPS) is 15.8. The Bertz CT molecular complexity index is 938. The van der Waals surface area contributed by atoms with Crippen molar-refractivity contribution in [1.82, 2.24) is 9.88 Å². The molecule has 0 spiro atoms. The number of likely N-dealkylation sites (tertiary alicyclic amines) is 1. The van der Waals surface area contributed by atoms with E-state index in [4.69, 9.17) is 15.0 Å². The van der Waals surface area contributed by atoms with E-state index in [1.165, 1.54) is 0 Å². The molecule has 1 aromatic heterocycles. The number of aromatic nitrogens is 1. The van der Waals surface area contributed by atoms with E-state index in [9.17, 15) is 22.8 Å². The van der Waals surface area contributed by atoms with Gasteiger partial charge in [-0.15, -0.1) is 0 Å². The molecule has 3 rings (SSSR count). The van der Waals surface area contributed by atoms with Gasteiger partial charge in [-0.2, -0.15) is 13.2 Å². The first-order valence-electron chi connectivity index (χ1n) is 9.65. The van der Waals surface area contributed by atoms with Crippen molar-refractivity contribution in [2.75, 3.05) is 18.4 Å². The lowest BCUT2D eigenvalue weighted by Gasteiger charge is -2.32. The Hall–Kier alpha value is -3.63. The molecule has 1 aromatic carbocycles. The number of piperidine rings is 1. The molecule has 0 radical (unpaired) electrons. The third-order valence-electron chi connectivity index (χ3n) is 4.59. The molecule has 0 saturated carbocycles. The smallest absolute Gasteiger partial charge is 0.481 e. The van der Waals surface area contributed by atoms with Gasteiger partial charge in [0.1, 0.15) is 0 Å². The molecule has 2 amide bonds. The summed E-state index contributed by atoms with van der Waals surface area (Å²) in [5.41, 5.74) is 2.46. The summed E-state index contributed by atoms with van der Waals surface area (Å²) in [6.07, 6.45) is -1.63. The van der Waals surface area contributed by atoms with E-state index in [-0.39, 0.29) is 18.4 Å². The van der Waals surface area contributed by atoms with Gasteiger partial charge >= 0.3 is 24.1 Å². The average Bonchev–Trinajstić information content (AvgIpc) is 2.74. The van der Waals surface area contributed by atoms with E-state index < -0.39 is 18.1 Å². The minimum absolute atomic E-state index is 0.0225. The summed E-state index contributed by atoms with van der Waals surface area (Å²) in [4.78, 5) is 38.3. The number of halogens is 3. The number of carbonyl (C=O) groups excluding carboxylic acids is 1. The maximum atomic E-state index is 12.5. The molecule has 1 saturated heterocycles. The number of carbonyl (C=O) groups is 3. The largest absolute Gasteiger partial charge is 0.490 e. The monoisotopic (exact) mass is 453 g/mol. The highest BCUT2D eigenvalue weighted by atomic mass is 19.4. The minimum atomic E-state index is -5.08. The number of nitrogens with zero attached hydrogens (tertiary/aromatic N) is 2. The molecule has 2 heterocycles. The number of hydrogen-bond acceptors (Lipinski definition) is 4. The van der Waals surface area contributed by atoms with Crippen molar-refractivity contribution in [2.45, 2.75) is 25.4 Å². The topological polar surface area (TPSA) is 120 Å². The van der Waals surface area contributed by atoms with E-state index in [0.717, 1.165) is 24.1 Å². The van der Waals surface area contributed by atoms with Crippen molar-refractivity contribution < 1.29 is 37.8 Å². The van der Waals surface area contributed by atoms with Crippen LogP contribution in [0.25, 0.3) is 11.3 Å². The maximum Gasteiger partial charge on any atom is 0.490 e. The second kappa shape index (κ2) is 11.1. The molecule has 1 fully saturated rings. The summed E-state index contributed by atoms with van der Waals surface area (Å²) in [7, 11) is 0. The molecular weight excluding hydrogens is 431 g/mol. The van der Waals surface area contributed by atoms with Gasteiger partial charge in [0.05, 0.1) is 5.69 Å². The Morgan fingerprint density at radius 1 is 1.12 bits per heavy atom. The van der Waals surface area contributed by atoms with Crippen LogP contribution in [-0.4, -0.2) is 57.3 Å². The number of nitrogens with one attached hydrogen (secondary N) is 1. The quantitative estimate of drug-likeness (QED) is 0.641. The number of aliphatic carboxylic acids is 2. The Balaban J connectivity index is 0.000000451. The van der Waals surface area contributed by atoms with Crippen LogP contribution in [0.1, 0.15) is 19.3 Å². The van der Waals surface area contributed by atoms with Gasteiger partial charge < -0.3 is 20.4 Å². The molecule has 0 aliphatic carbocycles. The molecule has 1 atom stereocenters. The fourth-order valence-corrected chi connectivity index (χ4v) is 3.14. The molecule has 32 heavy (non-hydrogen) atoms. The van der Waals surface area contributed by atoms with E-state index in [2.05, 4.69) is 10.3 Å². The summed E-state index contributed by atoms with van der Waals surface area (Å²) < 4.78 is 31.7. The van der Waals surface area contributed by atoms with Gasteiger partial charge in [0.2, 0.25) is 0 Å². The number of pyridine rings is 1. The predicted octanol–water partition coefficient (Wildman–Crippen LogP) is 4.10. The summed E-state index contributed by atoms with van der Waals surface area (Å²) in [6.45, 7) is 1.13. The molecule has 1 unspecified atom stereocenters. The van der Waals surface area contributed by atoms with Crippen LogP contribution in [0.15, 0.2) is 48.7 Å². The van der Waals surface area contributed by atoms with Gasteiger partial charge in [0, 0.05) is 37.0 Å². The van der Waals surface area contributed by atoms with Gasteiger partial charge in [0.15, 0.2) is 0 Å². The highest BCUT2D eigenvalue weighted by molar-refractivity contribution is 5.90. The Labute approximate surface area is 181 Å². The fraction of sp³-hybridized carbons (Fsp3) is 0.333. The Kier molecular flexibility index (Phi) is 8.56. The standard InChI is InChI=1S/C19H21N3O3.C2HF3O2/c23-18(24)11-14-5-4-10-22(13-14)19(25)21-16-8-9-20-17(12-16)15-6-2-1-3-7-15;3-2(4,5)1(6)7/h1-3,6-9,12,14H,4-5,10-11,13H2,(H,23,24)(H,20,21,25);(H,6,7). The predicted molar refractivity (Wildman–Crippen MR) is 109 cm³/mol. The second-order valence-electron chi connectivity index (χ2n) is 7.08. The van der Waals surface area contributed by atoms with Crippen LogP contribution in [0.3, 0.4) is 0 Å². The highest BCUT2D eigenvalue weighted by Gasteiger charge is 2.38. The molecular formula is C21H22F3N3O5. The zero-order chi connectivity index (χ0) is 23.7. The van der Waals surface area contributed by atoms with Crippen molar-refractivity contribution in [2.24, 2.45) is 5.92 Å².